The summed E-state index contributed by atoms with van der Waals surface area (Å²) in [5.74, 6) is 0.966. The van der Waals surface area contributed by atoms with Crippen molar-refractivity contribution in [3.05, 3.63) is 17.5 Å². The number of rotatable bonds is 6. The van der Waals surface area contributed by atoms with Gasteiger partial charge in [-0.1, -0.05) is 6.42 Å². The lowest BCUT2D eigenvalue weighted by molar-refractivity contribution is 0.300. The summed E-state index contributed by atoms with van der Waals surface area (Å²) in [5.41, 5.74) is 2.40. The van der Waals surface area contributed by atoms with Crippen molar-refractivity contribution in [1.82, 2.24) is 15.1 Å². The first-order valence-electron chi connectivity index (χ1n) is 6.47. The molecule has 0 aromatic carbocycles. The molecule has 1 aliphatic carbocycles. The van der Waals surface area contributed by atoms with Crippen LogP contribution in [0.15, 0.2) is 6.07 Å². The van der Waals surface area contributed by atoms with Crippen molar-refractivity contribution in [1.29, 1.82) is 0 Å². The predicted octanol–water partition coefficient (Wildman–Crippen LogP) is 2.28. The van der Waals surface area contributed by atoms with E-state index in [4.69, 9.17) is 0 Å². The number of aryl methyl sites for hydroxylation is 3. The summed E-state index contributed by atoms with van der Waals surface area (Å²) >= 11 is 0. The first-order valence-corrected chi connectivity index (χ1v) is 6.47. The summed E-state index contributed by atoms with van der Waals surface area (Å²) < 4.78 is 2.11. The topological polar surface area (TPSA) is 29.9 Å². The molecular formula is C13H23N3. The molecule has 1 aliphatic rings. The molecule has 2 rings (SSSR count). The maximum atomic E-state index is 4.46. The number of nitrogens with one attached hydrogen (secondary N) is 1. The smallest absolute Gasteiger partial charge is 0.0596 e. The lowest BCUT2D eigenvalue weighted by Gasteiger charge is -2.25. The van der Waals surface area contributed by atoms with Gasteiger partial charge < -0.3 is 5.32 Å². The highest BCUT2D eigenvalue weighted by atomic mass is 15.3. The SMILES string of the molecule is Cc1cc(C)n(CCCNCC2CCC2)n1. The van der Waals surface area contributed by atoms with Gasteiger partial charge in [0.25, 0.3) is 0 Å². The largest absolute Gasteiger partial charge is 0.316 e. The van der Waals surface area contributed by atoms with E-state index < -0.39 is 0 Å². The van der Waals surface area contributed by atoms with Gasteiger partial charge in [-0.05, 0) is 58.2 Å². The molecule has 0 amide bonds. The van der Waals surface area contributed by atoms with Gasteiger partial charge in [0.1, 0.15) is 0 Å². The molecule has 0 atom stereocenters. The summed E-state index contributed by atoms with van der Waals surface area (Å²) in [7, 11) is 0. The van der Waals surface area contributed by atoms with E-state index in [2.05, 4.69) is 35.0 Å². The second kappa shape index (κ2) is 5.48. The summed E-state index contributed by atoms with van der Waals surface area (Å²) in [6, 6.07) is 2.14. The van der Waals surface area contributed by atoms with Crippen molar-refractivity contribution in [2.45, 2.75) is 46.1 Å². The van der Waals surface area contributed by atoms with Gasteiger partial charge in [0, 0.05) is 12.2 Å². The second-order valence-electron chi connectivity index (χ2n) is 5.00. The lowest BCUT2D eigenvalue weighted by Crippen LogP contribution is -2.28. The van der Waals surface area contributed by atoms with E-state index in [0.717, 1.165) is 24.7 Å². The molecule has 0 unspecified atom stereocenters. The van der Waals surface area contributed by atoms with E-state index in [0.29, 0.717) is 0 Å². The van der Waals surface area contributed by atoms with Crippen LogP contribution in [0.5, 0.6) is 0 Å². The van der Waals surface area contributed by atoms with Crippen LogP contribution in [0, 0.1) is 19.8 Å². The van der Waals surface area contributed by atoms with Crippen LogP contribution in [0.25, 0.3) is 0 Å². The van der Waals surface area contributed by atoms with Gasteiger partial charge in [0.15, 0.2) is 0 Å². The second-order valence-corrected chi connectivity index (χ2v) is 5.00. The highest BCUT2D eigenvalue weighted by molar-refractivity contribution is 5.06. The van der Waals surface area contributed by atoms with E-state index in [1.807, 2.05) is 0 Å². The molecule has 0 spiro atoms. The fraction of sp³-hybridized carbons (Fsp3) is 0.769. The van der Waals surface area contributed by atoms with Crippen LogP contribution in [-0.4, -0.2) is 22.9 Å². The van der Waals surface area contributed by atoms with Crippen molar-refractivity contribution < 1.29 is 0 Å². The molecule has 1 heterocycles. The Balaban J connectivity index is 1.58. The van der Waals surface area contributed by atoms with Crippen molar-refractivity contribution in [3.63, 3.8) is 0 Å². The molecular weight excluding hydrogens is 198 g/mol. The third-order valence-corrected chi connectivity index (χ3v) is 3.48. The van der Waals surface area contributed by atoms with Gasteiger partial charge >= 0.3 is 0 Å². The van der Waals surface area contributed by atoms with Gasteiger partial charge in [-0.25, -0.2) is 0 Å². The molecule has 1 fully saturated rings. The monoisotopic (exact) mass is 221 g/mol. The van der Waals surface area contributed by atoms with Crippen LogP contribution < -0.4 is 5.32 Å². The molecule has 0 aliphatic heterocycles. The lowest BCUT2D eigenvalue weighted by atomic mass is 9.85. The van der Waals surface area contributed by atoms with E-state index >= 15 is 0 Å². The number of hydrogen-bond acceptors (Lipinski definition) is 2. The summed E-state index contributed by atoms with van der Waals surface area (Å²) in [4.78, 5) is 0. The van der Waals surface area contributed by atoms with Crippen molar-refractivity contribution in [3.8, 4) is 0 Å². The summed E-state index contributed by atoms with van der Waals surface area (Å²) in [5, 5.41) is 8.00. The maximum Gasteiger partial charge on any atom is 0.0596 e. The molecule has 16 heavy (non-hydrogen) atoms. The third-order valence-electron chi connectivity index (χ3n) is 3.48. The zero-order valence-electron chi connectivity index (χ0n) is 10.5. The molecule has 0 bridgehead atoms. The first kappa shape index (κ1) is 11.6. The normalized spacial score (nSPS) is 16.4. The van der Waals surface area contributed by atoms with Crippen LogP contribution in [0.3, 0.4) is 0 Å². The average Bonchev–Trinajstić information content (AvgIpc) is 2.48. The number of aromatic nitrogens is 2. The fourth-order valence-electron chi connectivity index (χ4n) is 2.26. The number of hydrogen-bond donors (Lipinski definition) is 1. The van der Waals surface area contributed by atoms with Crippen molar-refractivity contribution >= 4 is 0 Å². The zero-order valence-corrected chi connectivity index (χ0v) is 10.5. The molecule has 90 valence electrons. The average molecular weight is 221 g/mol. The Morgan fingerprint density at radius 1 is 1.44 bits per heavy atom. The molecule has 1 aromatic heterocycles. The van der Waals surface area contributed by atoms with Crippen LogP contribution in [0.1, 0.15) is 37.1 Å². The van der Waals surface area contributed by atoms with Crippen LogP contribution in [0.2, 0.25) is 0 Å². The summed E-state index contributed by atoms with van der Waals surface area (Å²) in [6.07, 6.45) is 5.49. The van der Waals surface area contributed by atoms with E-state index in [1.54, 1.807) is 0 Å². The van der Waals surface area contributed by atoms with Crippen LogP contribution in [-0.2, 0) is 6.54 Å². The number of nitrogens with zero attached hydrogens (tertiary/aromatic N) is 2. The quantitative estimate of drug-likeness (QED) is 0.747. The Hall–Kier alpha value is -0.830. The van der Waals surface area contributed by atoms with E-state index in [-0.39, 0.29) is 0 Å². The highest BCUT2D eigenvalue weighted by Gasteiger charge is 2.15. The van der Waals surface area contributed by atoms with Crippen LogP contribution >= 0.6 is 0 Å². The minimum absolute atomic E-state index is 0.966. The minimum atomic E-state index is 0.966. The molecule has 3 heteroatoms. The Kier molecular flexibility index (Phi) is 3.99. The Labute approximate surface area is 98.2 Å². The van der Waals surface area contributed by atoms with Gasteiger partial charge in [0.2, 0.25) is 0 Å². The summed E-state index contributed by atoms with van der Waals surface area (Å²) in [6.45, 7) is 7.56. The van der Waals surface area contributed by atoms with Crippen LogP contribution in [0.4, 0.5) is 0 Å². The maximum absolute atomic E-state index is 4.46. The molecule has 1 N–H and O–H groups in total. The fourth-order valence-corrected chi connectivity index (χ4v) is 2.26. The Morgan fingerprint density at radius 3 is 2.81 bits per heavy atom. The molecule has 1 saturated carbocycles. The van der Waals surface area contributed by atoms with Crippen molar-refractivity contribution in [2.24, 2.45) is 5.92 Å². The predicted molar refractivity (Wildman–Crippen MR) is 66.5 cm³/mol. The van der Waals surface area contributed by atoms with Gasteiger partial charge in [-0.2, -0.15) is 5.10 Å². The van der Waals surface area contributed by atoms with Gasteiger partial charge in [-0.3, -0.25) is 4.68 Å². The Morgan fingerprint density at radius 2 is 2.25 bits per heavy atom. The van der Waals surface area contributed by atoms with E-state index in [1.165, 1.54) is 37.9 Å². The van der Waals surface area contributed by atoms with Crippen molar-refractivity contribution in [2.75, 3.05) is 13.1 Å². The van der Waals surface area contributed by atoms with Gasteiger partial charge in [0.05, 0.1) is 5.69 Å². The van der Waals surface area contributed by atoms with E-state index in [9.17, 15) is 0 Å². The van der Waals surface area contributed by atoms with Gasteiger partial charge in [-0.15, -0.1) is 0 Å². The standard InChI is InChI=1S/C13H23N3/c1-11-9-12(2)16(15-11)8-4-7-14-10-13-5-3-6-13/h9,13-14H,3-8,10H2,1-2H3. The third kappa shape index (κ3) is 3.08. The molecule has 3 nitrogen and oxygen atoms in total. The molecule has 0 saturated heterocycles. The first-order chi connectivity index (χ1) is 7.75. The molecule has 1 aromatic rings. The minimum Gasteiger partial charge on any atom is -0.316 e. The zero-order chi connectivity index (χ0) is 11.4. The highest BCUT2D eigenvalue weighted by Crippen LogP contribution is 2.24. The molecule has 0 radical (unpaired) electrons. The Bertz CT molecular complexity index is 326.